The van der Waals surface area contributed by atoms with Crippen LogP contribution in [0.3, 0.4) is 0 Å². The quantitative estimate of drug-likeness (QED) is 0.374. The number of hydroxylamine groups is 1. The molecule has 2 aromatic rings. The minimum Gasteiger partial charge on any atom is -0.365 e. The van der Waals surface area contributed by atoms with Gasteiger partial charge in [0, 0.05) is 31.3 Å². The van der Waals surface area contributed by atoms with E-state index >= 15 is 0 Å². The summed E-state index contributed by atoms with van der Waals surface area (Å²) < 4.78 is 26.8. The molecule has 1 aromatic heterocycles. The molecule has 0 aliphatic carbocycles. The predicted octanol–water partition coefficient (Wildman–Crippen LogP) is 2.39. The molecule has 154 valence electrons. The first-order chi connectivity index (χ1) is 14.0. The van der Waals surface area contributed by atoms with Gasteiger partial charge in [-0.15, -0.1) is 0 Å². The van der Waals surface area contributed by atoms with Crippen LogP contribution in [0.25, 0.3) is 6.08 Å². The highest BCUT2D eigenvalue weighted by molar-refractivity contribution is 5.90. The molecular weight excluding hydrogens is 380 g/mol. The molecule has 1 aliphatic heterocycles. The topological polar surface area (TPSA) is 90.4 Å². The minimum absolute atomic E-state index is 0.192. The number of anilines is 1. The third-order valence-corrected chi connectivity index (χ3v) is 4.76. The molecule has 0 radical (unpaired) electrons. The molecule has 1 fully saturated rings. The van der Waals surface area contributed by atoms with Crippen LogP contribution < -0.4 is 10.8 Å². The number of aromatic nitrogens is 2. The minimum atomic E-state index is -0.642. The van der Waals surface area contributed by atoms with Crippen molar-refractivity contribution in [2.24, 2.45) is 0 Å². The van der Waals surface area contributed by atoms with Gasteiger partial charge in [0.05, 0.1) is 18.1 Å². The number of likely N-dealkylation sites (tertiary alicyclic amines) is 1. The zero-order chi connectivity index (χ0) is 20.6. The SMILES string of the molecule is O=C(/C=C/c1cnc(N[C@@H]2CCCN(CCc3ccc(F)cc3F)C2)cn1)NO. The van der Waals surface area contributed by atoms with Gasteiger partial charge in [-0.3, -0.25) is 15.0 Å². The van der Waals surface area contributed by atoms with Crippen molar-refractivity contribution in [3.05, 3.63) is 59.6 Å². The number of hydrogen-bond acceptors (Lipinski definition) is 6. The Morgan fingerprint density at radius 3 is 2.90 bits per heavy atom. The smallest absolute Gasteiger partial charge is 0.267 e. The fourth-order valence-electron chi connectivity index (χ4n) is 3.29. The third-order valence-electron chi connectivity index (χ3n) is 4.76. The zero-order valence-corrected chi connectivity index (χ0v) is 15.8. The van der Waals surface area contributed by atoms with Crippen LogP contribution in [0, 0.1) is 11.6 Å². The fourth-order valence-corrected chi connectivity index (χ4v) is 3.29. The van der Waals surface area contributed by atoms with E-state index in [1.807, 2.05) is 0 Å². The average Bonchev–Trinajstić information content (AvgIpc) is 2.72. The molecule has 3 rings (SSSR count). The molecule has 0 bridgehead atoms. The number of hydrogen-bond donors (Lipinski definition) is 3. The Morgan fingerprint density at radius 2 is 2.17 bits per heavy atom. The van der Waals surface area contributed by atoms with Crippen molar-refractivity contribution < 1.29 is 18.8 Å². The molecule has 9 heteroatoms. The molecule has 1 atom stereocenters. The number of nitrogens with zero attached hydrogens (tertiary/aromatic N) is 3. The van der Waals surface area contributed by atoms with Gasteiger partial charge in [0.15, 0.2) is 0 Å². The molecule has 0 saturated carbocycles. The Labute approximate surface area is 167 Å². The van der Waals surface area contributed by atoms with Crippen LogP contribution in [-0.2, 0) is 11.2 Å². The lowest BCUT2D eigenvalue weighted by Gasteiger charge is -2.33. The highest BCUT2D eigenvalue weighted by atomic mass is 19.1. The van der Waals surface area contributed by atoms with E-state index in [1.54, 1.807) is 6.20 Å². The van der Waals surface area contributed by atoms with E-state index in [9.17, 15) is 13.6 Å². The van der Waals surface area contributed by atoms with E-state index in [2.05, 4.69) is 20.2 Å². The van der Waals surface area contributed by atoms with E-state index < -0.39 is 17.5 Å². The summed E-state index contributed by atoms with van der Waals surface area (Å²) in [5.41, 5.74) is 2.51. The van der Waals surface area contributed by atoms with Gasteiger partial charge in [0.1, 0.15) is 17.5 Å². The summed E-state index contributed by atoms with van der Waals surface area (Å²) in [5.74, 6) is -1.08. The first-order valence-electron chi connectivity index (χ1n) is 9.40. The van der Waals surface area contributed by atoms with Crippen molar-refractivity contribution >= 4 is 17.8 Å². The Bertz CT molecular complexity index is 860. The van der Waals surface area contributed by atoms with E-state index in [0.29, 0.717) is 30.0 Å². The summed E-state index contributed by atoms with van der Waals surface area (Å²) in [6.45, 7) is 2.43. The van der Waals surface area contributed by atoms with Gasteiger partial charge in [0.25, 0.3) is 5.91 Å². The van der Waals surface area contributed by atoms with Crippen molar-refractivity contribution in [3.63, 3.8) is 0 Å². The number of carbonyl (C=O) groups excluding carboxylic acids is 1. The highest BCUT2D eigenvalue weighted by Crippen LogP contribution is 2.16. The summed E-state index contributed by atoms with van der Waals surface area (Å²) in [5, 5.41) is 11.8. The lowest BCUT2D eigenvalue weighted by atomic mass is 10.0. The van der Waals surface area contributed by atoms with Gasteiger partial charge >= 0.3 is 0 Å². The predicted molar refractivity (Wildman–Crippen MR) is 104 cm³/mol. The standard InChI is InChI=1S/C20H23F2N5O2/c21-15-4-3-14(18(22)10-15)7-9-27-8-1-2-17(13-27)25-19-12-23-16(11-24-19)5-6-20(28)26-29/h3-6,10-12,17,29H,1-2,7-9,13H2,(H,24,25)(H,26,28)/b6-5+/t17-/m1/s1. The number of benzene rings is 1. The second-order valence-corrected chi connectivity index (χ2v) is 6.91. The van der Waals surface area contributed by atoms with Crippen LogP contribution >= 0.6 is 0 Å². The van der Waals surface area contributed by atoms with Crippen molar-refractivity contribution in [3.8, 4) is 0 Å². The summed E-state index contributed by atoms with van der Waals surface area (Å²) in [6, 6.07) is 3.90. The fraction of sp³-hybridized carbons (Fsp3) is 0.350. The van der Waals surface area contributed by atoms with Crippen LogP contribution in [0.1, 0.15) is 24.1 Å². The van der Waals surface area contributed by atoms with E-state index in [0.717, 1.165) is 38.1 Å². The highest BCUT2D eigenvalue weighted by Gasteiger charge is 2.20. The molecule has 1 aliphatic rings. The second kappa shape index (κ2) is 10.0. The average molecular weight is 403 g/mol. The van der Waals surface area contributed by atoms with Gasteiger partial charge in [-0.25, -0.2) is 19.2 Å². The number of rotatable bonds is 7. The Morgan fingerprint density at radius 1 is 1.31 bits per heavy atom. The van der Waals surface area contributed by atoms with E-state index in [-0.39, 0.29) is 6.04 Å². The van der Waals surface area contributed by atoms with E-state index in [4.69, 9.17) is 5.21 Å². The number of carbonyl (C=O) groups is 1. The lowest BCUT2D eigenvalue weighted by Crippen LogP contribution is -2.43. The summed E-state index contributed by atoms with van der Waals surface area (Å²) in [6.07, 6.45) is 8.24. The Balaban J connectivity index is 1.50. The van der Waals surface area contributed by atoms with Crippen LogP contribution in [0.5, 0.6) is 0 Å². The van der Waals surface area contributed by atoms with Gasteiger partial charge < -0.3 is 10.2 Å². The number of amides is 1. The van der Waals surface area contributed by atoms with Crippen LogP contribution in [0.4, 0.5) is 14.6 Å². The summed E-state index contributed by atoms with van der Waals surface area (Å²) in [4.78, 5) is 21.7. The normalized spacial score (nSPS) is 17.4. The van der Waals surface area contributed by atoms with Crippen molar-refractivity contribution in [1.82, 2.24) is 20.3 Å². The Kier molecular flexibility index (Phi) is 7.20. The number of nitrogens with one attached hydrogen (secondary N) is 2. The molecule has 1 aromatic carbocycles. The first-order valence-corrected chi connectivity index (χ1v) is 9.40. The maximum atomic E-state index is 13.8. The monoisotopic (exact) mass is 403 g/mol. The van der Waals surface area contributed by atoms with Crippen molar-refractivity contribution in [1.29, 1.82) is 0 Å². The van der Waals surface area contributed by atoms with Gasteiger partial charge in [-0.1, -0.05) is 6.07 Å². The number of piperidine rings is 1. The van der Waals surface area contributed by atoms with Gasteiger partial charge in [0.2, 0.25) is 0 Å². The molecule has 0 spiro atoms. The van der Waals surface area contributed by atoms with Crippen molar-refractivity contribution in [2.75, 3.05) is 25.0 Å². The number of halogens is 2. The van der Waals surface area contributed by atoms with Crippen LogP contribution in [-0.4, -0.2) is 51.7 Å². The van der Waals surface area contributed by atoms with Crippen LogP contribution in [0.2, 0.25) is 0 Å². The van der Waals surface area contributed by atoms with Gasteiger partial charge in [-0.2, -0.15) is 0 Å². The maximum Gasteiger partial charge on any atom is 0.267 e. The molecule has 1 amide bonds. The second-order valence-electron chi connectivity index (χ2n) is 6.91. The maximum absolute atomic E-state index is 13.8. The molecule has 7 nitrogen and oxygen atoms in total. The third kappa shape index (κ3) is 6.30. The lowest BCUT2D eigenvalue weighted by molar-refractivity contribution is -0.124. The first kappa shape index (κ1) is 20.8. The molecule has 0 unspecified atom stereocenters. The van der Waals surface area contributed by atoms with Gasteiger partial charge in [-0.05, 0) is 43.5 Å². The summed E-state index contributed by atoms with van der Waals surface area (Å²) in [7, 11) is 0. The molecular formula is C20H23F2N5O2. The molecule has 29 heavy (non-hydrogen) atoms. The summed E-state index contributed by atoms with van der Waals surface area (Å²) >= 11 is 0. The van der Waals surface area contributed by atoms with E-state index in [1.165, 1.54) is 29.9 Å². The zero-order valence-electron chi connectivity index (χ0n) is 15.8. The molecule has 1 saturated heterocycles. The van der Waals surface area contributed by atoms with Crippen molar-refractivity contribution in [2.45, 2.75) is 25.3 Å². The molecule has 2 heterocycles. The largest absolute Gasteiger partial charge is 0.365 e. The Hall–Kier alpha value is -2.91. The van der Waals surface area contributed by atoms with Crippen LogP contribution in [0.15, 0.2) is 36.7 Å². The molecule has 3 N–H and O–H groups in total.